The van der Waals surface area contributed by atoms with Crippen molar-refractivity contribution in [1.29, 1.82) is 0 Å². The zero-order chi connectivity index (χ0) is 15.6. The highest BCUT2D eigenvalue weighted by atomic mass is 16.4. The first-order chi connectivity index (χ1) is 9.78. The van der Waals surface area contributed by atoms with Crippen LogP contribution in [-0.2, 0) is 0 Å². The molecule has 2 rings (SSSR count). The van der Waals surface area contributed by atoms with Crippen molar-refractivity contribution >= 4 is 17.6 Å². The molecular formula is C16H17NO4. The number of hydrogen-bond acceptors (Lipinski definition) is 3. The van der Waals surface area contributed by atoms with Crippen molar-refractivity contribution in [1.82, 2.24) is 0 Å². The van der Waals surface area contributed by atoms with E-state index >= 15 is 0 Å². The Labute approximate surface area is 122 Å². The second-order valence-corrected chi connectivity index (χ2v) is 5.68. The Bertz CT molecular complexity index is 656. The third-order valence-corrected chi connectivity index (χ3v) is 3.34. The molecule has 0 saturated heterocycles. The number of rotatable bonds is 4. The Hall–Kier alpha value is -2.56. The number of benzene rings is 1. The molecule has 0 amide bonds. The number of allylic oxidation sites excluding steroid dienone is 3. The van der Waals surface area contributed by atoms with Crippen LogP contribution in [0, 0.1) is 5.41 Å². The molecule has 0 fully saturated rings. The number of aromatic carboxylic acids is 2. The molecule has 0 aromatic heterocycles. The van der Waals surface area contributed by atoms with Crippen molar-refractivity contribution in [2.45, 2.75) is 20.3 Å². The first-order valence-corrected chi connectivity index (χ1v) is 6.55. The molecule has 21 heavy (non-hydrogen) atoms. The summed E-state index contributed by atoms with van der Waals surface area (Å²) in [4.78, 5) is 22.2. The summed E-state index contributed by atoms with van der Waals surface area (Å²) in [5.74, 6) is -2.19. The lowest BCUT2D eigenvalue weighted by Gasteiger charge is -2.23. The number of hydrogen-bond donors (Lipinski definition) is 3. The SMILES string of the molecule is CC1(C)C=CC(Nc2cc(C(=O)O)ccc2C(=O)O)=CC1. The van der Waals surface area contributed by atoms with E-state index in [4.69, 9.17) is 5.11 Å². The maximum Gasteiger partial charge on any atom is 0.337 e. The van der Waals surface area contributed by atoms with Crippen LogP contribution in [0.3, 0.4) is 0 Å². The van der Waals surface area contributed by atoms with Gasteiger partial charge in [-0.05, 0) is 36.1 Å². The minimum Gasteiger partial charge on any atom is -0.478 e. The lowest BCUT2D eigenvalue weighted by Crippen LogP contribution is -2.13. The van der Waals surface area contributed by atoms with Gasteiger partial charge in [0.15, 0.2) is 0 Å². The van der Waals surface area contributed by atoms with Gasteiger partial charge in [0, 0.05) is 5.70 Å². The fraction of sp³-hybridized carbons (Fsp3) is 0.250. The Kier molecular flexibility index (Phi) is 3.84. The zero-order valence-corrected chi connectivity index (χ0v) is 11.9. The van der Waals surface area contributed by atoms with Crippen LogP contribution in [0.15, 0.2) is 42.1 Å². The van der Waals surface area contributed by atoms with Crippen molar-refractivity contribution < 1.29 is 19.8 Å². The maximum absolute atomic E-state index is 11.2. The number of carboxylic acid groups (broad SMARTS) is 2. The van der Waals surface area contributed by atoms with Gasteiger partial charge in [-0.3, -0.25) is 0 Å². The predicted molar refractivity (Wildman–Crippen MR) is 79.6 cm³/mol. The molecule has 1 aliphatic carbocycles. The molecule has 0 atom stereocenters. The molecule has 5 nitrogen and oxygen atoms in total. The van der Waals surface area contributed by atoms with Gasteiger partial charge < -0.3 is 15.5 Å². The number of nitrogens with one attached hydrogen (secondary N) is 1. The Morgan fingerprint density at radius 3 is 2.43 bits per heavy atom. The normalized spacial score (nSPS) is 16.2. The van der Waals surface area contributed by atoms with Gasteiger partial charge >= 0.3 is 11.9 Å². The second kappa shape index (κ2) is 5.44. The fourth-order valence-electron chi connectivity index (χ4n) is 2.04. The molecular weight excluding hydrogens is 270 g/mol. The molecule has 0 unspecified atom stereocenters. The van der Waals surface area contributed by atoms with E-state index in [0.29, 0.717) is 0 Å². The highest BCUT2D eigenvalue weighted by molar-refractivity contribution is 5.98. The van der Waals surface area contributed by atoms with Gasteiger partial charge in [0.25, 0.3) is 0 Å². The molecule has 3 N–H and O–H groups in total. The largest absolute Gasteiger partial charge is 0.478 e. The topological polar surface area (TPSA) is 86.6 Å². The molecule has 1 aromatic rings. The molecule has 0 heterocycles. The summed E-state index contributed by atoms with van der Waals surface area (Å²) >= 11 is 0. The van der Waals surface area contributed by atoms with Crippen LogP contribution in [0.5, 0.6) is 0 Å². The van der Waals surface area contributed by atoms with E-state index in [2.05, 4.69) is 19.2 Å². The van der Waals surface area contributed by atoms with Crippen molar-refractivity contribution in [3.05, 3.63) is 53.3 Å². The highest BCUT2D eigenvalue weighted by Crippen LogP contribution is 2.29. The summed E-state index contributed by atoms with van der Waals surface area (Å²) in [7, 11) is 0. The van der Waals surface area contributed by atoms with Gasteiger partial charge in [0.05, 0.1) is 16.8 Å². The summed E-state index contributed by atoms with van der Waals surface area (Å²) in [5.41, 5.74) is 1.20. The summed E-state index contributed by atoms with van der Waals surface area (Å²) in [6, 6.07) is 3.91. The van der Waals surface area contributed by atoms with Crippen LogP contribution >= 0.6 is 0 Å². The smallest absolute Gasteiger partial charge is 0.337 e. The third-order valence-electron chi connectivity index (χ3n) is 3.34. The molecule has 0 saturated carbocycles. The first-order valence-electron chi connectivity index (χ1n) is 6.55. The molecule has 110 valence electrons. The van der Waals surface area contributed by atoms with Gasteiger partial charge in [-0.15, -0.1) is 0 Å². The maximum atomic E-state index is 11.2. The lowest BCUT2D eigenvalue weighted by atomic mass is 9.85. The summed E-state index contributed by atoms with van der Waals surface area (Å²) < 4.78 is 0. The van der Waals surface area contributed by atoms with E-state index in [9.17, 15) is 14.7 Å². The highest BCUT2D eigenvalue weighted by Gasteiger charge is 2.18. The van der Waals surface area contributed by atoms with Crippen molar-refractivity contribution in [3.63, 3.8) is 0 Å². The van der Waals surface area contributed by atoms with Crippen LogP contribution in [0.4, 0.5) is 5.69 Å². The van der Waals surface area contributed by atoms with Crippen LogP contribution < -0.4 is 5.32 Å². The molecule has 1 aliphatic rings. The average molecular weight is 287 g/mol. The predicted octanol–water partition coefficient (Wildman–Crippen LogP) is 3.36. The second-order valence-electron chi connectivity index (χ2n) is 5.68. The van der Waals surface area contributed by atoms with E-state index < -0.39 is 11.9 Å². The Morgan fingerprint density at radius 1 is 1.19 bits per heavy atom. The van der Waals surface area contributed by atoms with E-state index in [1.54, 1.807) is 0 Å². The van der Waals surface area contributed by atoms with Crippen LogP contribution in [0.2, 0.25) is 0 Å². The lowest BCUT2D eigenvalue weighted by molar-refractivity contribution is 0.0682. The quantitative estimate of drug-likeness (QED) is 0.790. The molecule has 0 bridgehead atoms. The molecule has 0 spiro atoms. The first kappa shape index (κ1) is 14.8. The van der Waals surface area contributed by atoms with Crippen molar-refractivity contribution in [2.24, 2.45) is 5.41 Å². The minimum absolute atomic E-state index is 0.0409. The van der Waals surface area contributed by atoms with Gasteiger partial charge in [-0.25, -0.2) is 9.59 Å². The van der Waals surface area contributed by atoms with E-state index in [0.717, 1.165) is 12.1 Å². The van der Waals surface area contributed by atoms with E-state index in [1.165, 1.54) is 18.2 Å². The van der Waals surface area contributed by atoms with E-state index in [-0.39, 0.29) is 22.2 Å². The summed E-state index contributed by atoms with van der Waals surface area (Å²) in [5, 5.41) is 21.2. The average Bonchev–Trinajstić information content (AvgIpc) is 2.40. The standard InChI is InChI=1S/C16H17NO4/c1-16(2)7-5-11(6-8-16)17-13-9-10(14(18)19)3-4-12(13)15(20)21/h3-7,9,17H,8H2,1-2H3,(H,18,19)(H,20,21). The monoisotopic (exact) mass is 287 g/mol. The number of anilines is 1. The zero-order valence-electron chi connectivity index (χ0n) is 11.9. The summed E-state index contributed by atoms with van der Waals surface area (Å²) in [6.45, 7) is 4.20. The van der Waals surface area contributed by atoms with Gasteiger partial charge in [0.2, 0.25) is 0 Å². The minimum atomic E-state index is -1.10. The molecule has 5 heteroatoms. The van der Waals surface area contributed by atoms with Crippen LogP contribution in [0.1, 0.15) is 41.0 Å². The third kappa shape index (κ3) is 3.51. The van der Waals surface area contributed by atoms with Crippen molar-refractivity contribution in [2.75, 3.05) is 5.32 Å². The Morgan fingerprint density at radius 2 is 1.90 bits per heavy atom. The van der Waals surface area contributed by atoms with Gasteiger partial charge in [-0.1, -0.05) is 26.0 Å². The number of carbonyl (C=O) groups is 2. The fourth-order valence-corrected chi connectivity index (χ4v) is 2.04. The van der Waals surface area contributed by atoms with Crippen LogP contribution in [-0.4, -0.2) is 22.2 Å². The van der Waals surface area contributed by atoms with E-state index in [1.807, 2.05) is 18.2 Å². The number of carboxylic acids is 2. The molecule has 1 aromatic carbocycles. The Balaban J connectivity index is 2.32. The molecule has 0 aliphatic heterocycles. The van der Waals surface area contributed by atoms with Crippen LogP contribution in [0.25, 0.3) is 0 Å². The summed E-state index contributed by atoms with van der Waals surface area (Å²) in [6.07, 6.45) is 6.71. The van der Waals surface area contributed by atoms with Crippen molar-refractivity contribution in [3.8, 4) is 0 Å². The molecule has 0 radical (unpaired) electrons. The van der Waals surface area contributed by atoms with Gasteiger partial charge in [0.1, 0.15) is 0 Å². The van der Waals surface area contributed by atoms with Gasteiger partial charge in [-0.2, -0.15) is 0 Å².